The second-order valence-electron chi connectivity index (χ2n) is 2.24. The Bertz CT molecular complexity index is 325. The average molecular weight is 187 g/mol. The van der Waals surface area contributed by atoms with Crippen LogP contribution in [0.2, 0.25) is 0 Å². The van der Waals surface area contributed by atoms with E-state index >= 15 is 0 Å². The minimum absolute atomic E-state index is 0.314. The van der Waals surface area contributed by atoms with E-state index in [-0.39, 0.29) is 5.75 Å². The average Bonchev–Trinajstić information content (AvgIpc) is 2.02. The topological polar surface area (TPSA) is 49.4 Å². The van der Waals surface area contributed by atoms with Crippen LogP contribution in [-0.4, -0.2) is 12.6 Å². The van der Waals surface area contributed by atoms with Gasteiger partial charge < -0.3 is 14.6 Å². The highest BCUT2D eigenvalue weighted by molar-refractivity contribution is 5.66. The van der Waals surface area contributed by atoms with Crippen LogP contribution in [0.4, 0.5) is 8.78 Å². The van der Waals surface area contributed by atoms with Gasteiger partial charge in [-0.3, -0.25) is 0 Å². The summed E-state index contributed by atoms with van der Waals surface area (Å²) in [6, 6.07) is 2.58. The number of carbonyl (C=O) groups is 1. The van der Waals surface area contributed by atoms with Gasteiger partial charge in [-0.2, -0.15) is 0 Å². The first-order valence-electron chi connectivity index (χ1n) is 3.37. The summed E-state index contributed by atoms with van der Waals surface area (Å²) in [7, 11) is 0. The molecule has 3 nitrogen and oxygen atoms in total. The normalized spacial score (nSPS) is 9.69. The predicted molar refractivity (Wildman–Crippen MR) is 36.9 cm³/mol. The highest BCUT2D eigenvalue weighted by Crippen LogP contribution is 2.16. The van der Waals surface area contributed by atoms with E-state index in [1.165, 1.54) is 0 Å². The van der Waals surface area contributed by atoms with Crippen molar-refractivity contribution in [1.82, 2.24) is 0 Å². The zero-order chi connectivity index (χ0) is 9.84. The molecule has 0 radical (unpaired) electrons. The third-order valence-corrected chi connectivity index (χ3v) is 1.24. The van der Waals surface area contributed by atoms with Gasteiger partial charge in [0.1, 0.15) is 12.4 Å². The Morgan fingerprint density at radius 2 is 2.15 bits per heavy atom. The van der Waals surface area contributed by atoms with E-state index in [0.29, 0.717) is 6.07 Å². The first-order valence-corrected chi connectivity index (χ1v) is 3.37. The molecular formula is C8H5F2O3-. The Morgan fingerprint density at radius 3 is 2.69 bits per heavy atom. The summed E-state index contributed by atoms with van der Waals surface area (Å²) >= 11 is 0. The standard InChI is InChI=1S/C8H6F2O3/c9-5-1-2-7(6(10)3-5)13-4-8(11)12/h1-3H,4H2,(H,11,12)/p-1. The molecule has 5 heteroatoms. The monoisotopic (exact) mass is 187 g/mol. The zero-order valence-electron chi connectivity index (χ0n) is 6.42. The van der Waals surface area contributed by atoms with E-state index in [1.807, 2.05) is 0 Å². The Kier molecular flexibility index (Phi) is 2.79. The molecule has 0 amide bonds. The van der Waals surface area contributed by atoms with Crippen LogP contribution in [0.15, 0.2) is 18.2 Å². The van der Waals surface area contributed by atoms with Gasteiger partial charge in [-0.05, 0) is 12.1 Å². The van der Waals surface area contributed by atoms with Gasteiger partial charge in [0.25, 0.3) is 0 Å². The summed E-state index contributed by atoms with van der Waals surface area (Å²) in [4.78, 5) is 9.92. The van der Waals surface area contributed by atoms with Crippen molar-refractivity contribution in [3.05, 3.63) is 29.8 Å². The molecule has 0 spiro atoms. The molecule has 0 aliphatic carbocycles. The molecule has 0 N–H and O–H groups in total. The number of halogens is 2. The largest absolute Gasteiger partial charge is 0.546 e. The number of benzene rings is 1. The molecule has 1 aromatic rings. The van der Waals surface area contributed by atoms with Crippen LogP contribution < -0.4 is 9.84 Å². The highest BCUT2D eigenvalue weighted by atomic mass is 19.1. The minimum Gasteiger partial charge on any atom is -0.546 e. The smallest absolute Gasteiger partial charge is 0.167 e. The number of carbonyl (C=O) groups excluding carboxylic acids is 1. The van der Waals surface area contributed by atoms with Crippen LogP contribution in [0.3, 0.4) is 0 Å². The molecule has 70 valence electrons. The van der Waals surface area contributed by atoms with Crippen molar-refractivity contribution >= 4 is 5.97 Å². The summed E-state index contributed by atoms with van der Waals surface area (Å²) in [5.74, 6) is -3.48. The Morgan fingerprint density at radius 1 is 1.46 bits per heavy atom. The molecule has 0 atom stereocenters. The number of hydrogen-bond acceptors (Lipinski definition) is 3. The third kappa shape index (κ3) is 2.70. The van der Waals surface area contributed by atoms with E-state index in [1.54, 1.807) is 0 Å². The van der Waals surface area contributed by atoms with E-state index < -0.39 is 24.2 Å². The molecule has 0 aliphatic rings. The SMILES string of the molecule is O=C([O-])COc1ccc(F)cc1F. The molecule has 0 aromatic heterocycles. The second-order valence-corrected chi connectivity index (χ2v) is 2.24. The van der Waals surface area contributed by atoms with Crippen molar-refractivity contribution < 1.29 is 23.4 Å². The van der Waals surface area contributed by atoms with E-state index in [9.17, 15) is 18.7 Å². The van der Waals surface area contributed by atoms with Gasteiger partial charge >= 0.3 is 0 Å². The number of aliphatic carboxylic acids is 1. The maximum Gasteiger partial charge on any atom is 0.167 e. The van der Waals surface area contributed by atoms with Crippen LogP contribution in [0.1, 0.15) is 0 Å². The van der Waals surface area contributed by atoms with Gasteiger partial charge in [-0.15, -0.1) is 0 Å². The third-order valence-electron chi connectivity index (χ3n) is 1.24. The van der Waals surface area contributed by atoms with Gasteiger partial charge in [0.15, 0.2) is 11.6 Å². The van der Waals surface area contributed by atoms with Gasteiger partial charge in [0.2, 0.25) is 0 Å². The fraction of sp³-hybridized carbons (Fsp3) is 0.125. The predicted octanol–water partition coefficient (Wildman–Crippen LogP) is 0.0935. The van der Waals surface area contributed by atoms with Crippen molar-refractivity contribution in [2.75, 3.05) is 6.61 Å². The van der Waals surface area contributed by atoms with Crippen LogP contribution in [-0.2, 0) is 4.79 Å². The van der Waals surface area contributed by atoms with Crippen LogP contribution in [0, 0.1) is 11.6 Å². The number of hydrogen-bond donors (Lipinski definition) is 0. The lowest BCUT2D eigenvalue weighted by molar-refractivity contribution is -0.307. The molecule has 1 aromatic carbocycles. The molecule has 1 rings (SSSR count). The minimum atomic E-state index is -1.47. The van der Waals surface area contributed by atoms with Crippen molar-refractivity contribution in [3.8, 4) is 5.75 Å². The Labute approximate surface area is 72.6 Å². The molecule has 0 unspecified atom stereocenters. The number of carboxylic acid groups (broad SMARTS) is 1. The molecule has 0 saturated heterocycles. The van der Waals surface area contributed by atoms with Crippen LogP contribution in [0.25, 0.3) is 0 Å². The summed E-state index contributed by atoms with van der Waals surface area (Å²) in [5, 5.41) is 9.92. The Hall–Kier alpha value is -1.65. The van der Waals surface area contributed by atoms with E-state index in [0.717, 1.165) is 12.1 Å². The molecule has 0 saturated carbocycles. The van der Waals surface area contributed by atoms with Gasteiger partial charge in [0.05, 0.1) is 5.97 Å². The lowest BCUT2D eigenvalue weighted by Crippen LogP contribution is -2.29. The van der Waals surface area contributed by atoms with Crippen molar-refractivity contribution in [2.45, 2.75) is 0 Å². The first-order chi connectivity index (χ1) is 6.09. The lowest BCUT2D eigenvalue weighted by atomic mass is 10.3. The Balaban J connectivity index is 2.72. The van der Waals surface area contributed by atoms with E-state index in [2.05, 4.69) is 4.74 Å². The van der Waals surface area contributed by atoms with Gasteiger partial charge in [0, 0.05) is 6.07 Å². The van der Waals surface area contributed by atoms with Crippen molar-refractivity contribution in [2.24, 2.45) is 0 Å². The van der Waals surface area contributed by atoms with Crippen molar-refractivity contribution in [3.63, 3.8) is 0 Å². The zero-order valence-corrected chi connectivity index (χ0v) is 6.42. The first kappa shape index (κ1) is 9.44. The lowest BCUT2D eigenvalue weighted by Gasteiger charge is -2.06. The fourth-order valence-electron chi connectivity index (χ4n) is 0.729. The summed E-state index contributed by atoms with van der Waals surface area (Å²) in [5.41, 5.74) is 0. The summed E-state index contributed by atoms with van der Waals surface area (Å²) in [6.07, 6.45) is 0. The maximum atomic E-state index is 12.7. The van der Waals surface area contributed by atoms with Gasteiger partial charge in [-0.1, -0.05) is 0 Å². The number of ether oxygens (including phenoxy) is 1. The molecule has 13 heavy (non-hydrogen) atoms. The van der Waals surface area contributed by atoms with E-state index in [4.69, 9.17) is 0 Å². The highest BCUT2D eigenvalue weighted by Gasteiger charge is 2.03. The van der Waals surface area contributed by atoms with Crippen LogP contribution in [0.5, 0.6) is 5.75 Å². The number of carboxylic acids is 1. The molecular weight excluding hydrogens is 182 g/mol. The summed E-state index contributed by atoms with van der Waals surface area (Å²) < 4.78 is 29.5. The molecule has 0 fully saturated rings. The fourth-order valence-corrected chi connectivity index (χ4v) is 0.729. The quantitative estimate of drug-likeness (QED) is 0.673. The molecule has 0 aliphatic heterocycles. The van der Waals surface area contributed by atoms with Gasteiger partial charge in [-0.25, -0.2) is 8.78 Å². The van der Waals surface area contributed by atoms with Crippen LogP contribution >= 0.6 is 0 Å². The molecule has 0 heterocycles. The summed E-state index contributed by atoms with van der Waals surface area (Å²) in [6.45, 7) is -0.761. The number of rotatable bonds is 3. The maximum absolute atomic E-state index is 12.7. The molecule has 0 bridgehead atoms. The van der Waals surface area contributed by atoms with Crippen molar-refractivity contribution in [1.29, 1.82) is 0 Å². The second kappa shape index (κ2) is 3.84.